The topological polar surface area (TPSA) is 20.2 Å². The van der Waals surface area contributed by atoms with Crippen LogP contribution in [0.15, 0.2) is 15.2 Å². The van der Waals surface area contributed by atoms with Crippen molar-refractivity contribution in [3.05, 3.63) is 20.8 Å². The maximum absolute atomic E-state index is 8.55. The van der Waals surface area contributed by atoms with Gasteiger partial charge < -0.3 is 5.11 Å². The molecule has 0 saturated heterocycles. The molecule has 1 nitrogen and oxygen atoms in total. The molecule has 1 rings (SSSR count). The largest absolute Gasteiger partial charge is 0.396 e. The van der Waals surface area contributed by atoms with Crippen LogP contribution in [0.4, 0.5) is 0 Å². The summed E-state index contributed by atoms with van der Waals surface area (Å²) in [7, 11) is 0. The van der Waals surface area contributed by atoms with Gasteiger partial charge in [0.15, 0.2) is 0 Å². The fourth-order valence-electron chi connectivity index (χ4n) is 0.607. The summed E-state index contributed by atoms with van der Waals surface area (Å²) in [5.41, 5.74) is 1.20. The summed E-state index contributed by atoms with van der Waals surface area (Å²) in [6, 6.07) is 0. The van der Waals surface area contributed by atoms with Crippen LogP contribution < -0.4 is 0 Å². The monoisotopic (exact) mass is 206 g/mol. The van der Waals surface area contributed by atoms with Crippen molar-refractivity contribution in [2.75, 3.05) is 6.61 Å². The number of hydrogen-bond acceptors (Lipinski definition) is 2. The zero-order valence-electron chi connectivity index (χ0n) is 4.80. The van der Waals surface area contributed by atoms with E-state index in [1.807, 2.05) is 10.8 Å². The summed E-state index contributed by atoms with van der Waals surface area (Å²) in [5, 5.41) is 12.6. The molecule has 0 aliphatic rings. The van der Waals surface area contributed by atoms with Gasteiger partial charge in [-0.3, -0.25) is 0 Å². The number of thiophene rings is 1. The summed E-state index contributed by atoms with van der Waals surface area (Å²) in [6.45, 7) is 0.231. The van der Waals surface area contributed by atoms with E-state index in [4.69, 9.17) is 5.11 Å². The first-order chi connectivity index (χ1) is 4.34. The molecule has 9 heavy (non-hydrogen) atoms. The van der Waals surface area contributed by atoms with Gasteiger partial charge in [0.05, 0.1) is 0 Å². The van der Waals surface area contributed by atoms with Gasteiger partial charge in [-0.1, -0.05) is 0 Å². The van der Waals surface area contributed by atoms with Gasteiger partial charge in [-0.05, 0) is 33.3 Å². The van der Waals surface area contributed by atoms with E-state index < -0.39 is 0 Å². The molecule has 0 radical (unpaired) electrons. The molecule has 0 atom stereocenters. The predicted octanol–water partition coefficient (Wildman–Crippen LogP) is 2.05. The minimum Gasteiger partial charge on any atom is -0.396 e. The second-order valence-corrected chi connectivity index (χ2v) is 3.32. The fourth-order valence-corrected chi connectivity index (χ4v) is 2.14. The van der Waals surface area contributed by atoms with Gasteiger partial charge in [0, 0.05) is 16.5 Å². The van der Waals surface area contributed by atoms with Gasteiger partial charge in [-0.15, -0.1) is 0 Å². The molecule has 0 aliphatic carbocycles. The number of aliphatic hydroxyl groups is 1. The van der Waals surface area contributed by atoms with Crippen molar-refractivity contribution in [3.8, 4) is 0 Å². The summed E-state index contributed by atoms with van der Waals surface area (Å²) in [5.74, 6) is 0. The molecule has 1 N–H and O–H groups in total. The molecule has 50 valence electrons. The third-order valence-electron chi connectivity index (χ3n) is 1.07. The highest BCUT2D eigenvalue weighted by Gasteiger charge is 1.97. The van der Waals surface area contributed by atoms with E-state index in [-0.39, 0.29) is 6.61 Å². The summed E-state index contributed by atoms with van der Waals surface area (Å²) in [4.78, 5) is 0. The van der Waals surface area contributed by atoms with Crippen LogP contribution in [0.3, 0.4) is 0 Å². The van der Waals surface area contributed by atoms with Gasteiger partial charge in [0.2, 0.25) is 0 Å². The summed E-state index contributed by atoms with van der Waals surface area (Å²) < 4.78 is 1.11. The Bertz CT molecular complexity index is 185. The van der Waals surface area contributed by atoms with Gasteiger partial charge in [-0.25, -0.2) is 0 Å². The SMILES string of the molecule is OCCc1cscc1Br. The van der Waals surface area contributed by atoms with E-state index in [1.165, 1.54) is 5.56 Å². The van der Waals surface area contributed by atoms with Gasteiger partial charge in [-0.2, -0.15) is 11.3 Å². The average Bonchev–Trinajstić information content (AvgIpc) is 2.18. The molecule has 0 amide bonds. The molecule has 3 heteroatoms. The number of rotatable bonds is 2. The molecule has 1 heterocycles. The Morgan fingerprint density at radius 2 is 2.33 bits per heavy atom. The quantitative estimate of drug-likeness (QED) is 0.786. The van der Waals surface area contributed by atoms with E-state index in [1.54, 1.807) is 11.3 Å². The normalized spacial score (nSPS) is 10.0. The number of aliphatic hydroxyl groups excluding tert-OH is 1. The van der Waals surface area contributed by atoms with E-state index >= 15 is 0 Å². The number of halogens is 1. The average molecular weight is 207 g/mol. The highest BCUT2D eigenvalue weighted by molar-refractivity contribution is 9.10. The van der Waals surface area contributed by atoms with E-state index in [0.29, 0.717) is 0 Å². The second-order valence-electron chi connectivity index (χ2n) is 1.72. The third kappa shape index (κ3) is 1.78. The first kappa shape index (κ1) is 7.25. The molecule has 1 aromatic rings. The van der Waals surface area contributed by atoms with Crippen molar-refractivity contribution < 1.29 is 5.11 Å². The maximum atomic E-state index is 8.55. The fraction of sp³-hybridized carbons (Fsp3) is 0.333. The minimum atomic E-state index is 0.231. The van der Waals surface area contributed by atoms with Gasteiger partial charge in [0.1, 0.15) is 0 Å². The Labute approximate surface area is 66.5 Å². The van der Waals surface area contributed by atoms with Crippen molar-refractivity contribution >= 4 is 27.3 Å². The molecule has 0 bridgehead atoms. The van der Waals surface area contributed by atoms with Crippen LogP contribution in [0.25, 0.3) is 0 Å². The van der Waals surface area contributed by atoms with Crippen LogP contribution in [-0.2, 0) is 6.42 Å². The van der Waals surface area contributed by atoms with Crippen LogP contribution in [0.2, 0.25) is 0 Å². The van der Waals surface area contributed by atoms with Crippen LogP contribution in [-0.4, -0.2) is 11.7 Å². The van der Waals surface area contributed by atoms with Crippen LogP contribution in [0.1, 0.15) is 5.56 Å². The smallest absolute Gasteiger partial charge is 0.0472 e. The molecule has 0 spiro atoms. The Hall–Kier alpha value is 0.140. The molecule has 0 saturated carbocycles. The van der Waals surface area contributed by atoms with Crippen LogP contribution in [0.5, 0.6) is 0 Å². The standard InChI is InChI=1S/C6H7BrOS/c7-6-4-9-3-5(6)1-2-8/h3-4,8H,1-2H2. The Balaban J connectivity index is 2.69. The zero-order chi connectivity index (χ0) is 6.69. The molecule has 0 unspecified atom stereocenters. The first-order valence-corrected chi connectivity index (χ1v) is 4.39. The molecular weight excluding hydrogens is 200 g/mol. The lowest BCUT2D eigenvalue weighted by Gasteiger charge is -1.90. The van der Waals surface area contributed by atoms with Crippen molar-refractivity contribution in [2.24, 2.45) is 0 Å². The molecular formula is C6H7BrOS. The molecule has 1 aromatic heterocycles. The van der Waals surface area contributed by atoms with Crippen molar-refractivity contribution in [3.63, 3.8) is 0 Å². The Morgan fingerprint density at radius 1 is 1.56 bits per heavy atom. The number of hydrogen-bond donors (Lipinski definition) is 1. The van der Waals surface area contributed by atoms with E-state index in [0.717, 1.165) is 10.9 Å². The predicted molar refractivity (Wildman–Crippen MR) is 42.8 cm³/mol. The lowest BCUT2D eigenvalue weighted by atomic mass is 10.3. The molecule has 0 aliphatic heterocycles. The minimum absolute atomic E-state index is 0.231. The Morgan fingerprint density at radius 3 is 2.78 bits per heavy atom. The van der Waals surface area contributed by atoms with E-state index in [2.05, 4.69) is 15.9 Å². The second kappa shape index (κ2) is 3.34. The van der Waals surface area contributed by atoms with Crippen molar-refractivity contribution in [2.45, 2.75) is 6.42 Å². The summed E-state index contributed by atoms with van der Waals surface area (Å²) >= 11 is 5.01. The molecule has 0 aromatic carbocycles. The van der Waals surface area contributed by atoms with Crippen molar-refractivity contribution in [1.82, 2.24) is 0 Å². The summed E-state index contributed by atoms with van der Waals surface area (Å²) in [6.07, 6.45) is 0.754. The highest BCUT2D eigenvalue weighted by Crippen LogP contribution is 2.21. The van der Waals surface area contributed by atoms with Crippen molar-refractivity contribution in [1.29, 1.82) is 0 Å². The molecule has 0 fully saturated rings. The van der Waals surface area contributed by atoms with Gasteiger partial charge >= 0.3 is 0 Å². The zero-order valence-corrected chi connectivity index (χ0v) is 7.20. The maximum Gasteiger partial charge on any atom is 0.0472 e. The highest BCUT2D eigenvalue weighted by atomic mass is 79.9. The lowest BCUT2D eigenvalue weighted by Crippen LogP contribution is -1.87. The lowest BCUT2D eigenvalue weighted by molar-refractivity contribution is 0.299. The Kier molecular flexibility index (Phi) is 2.69. The van der Waals surface area contributed by atoms with Crippen LogP contribution >= 0.6 is 27.3 Å². The van der Waals surface area contributed by atoms with Gasteiger partial charge in [0.25, 0.3) is 0 Å². The third-order valence-corrected chi connectivity index (χ3v) is 2.90. The van der Waals surface area contributed by atoms with E-state index in [9.17, 15) is 0 Å². The first-order valence-electron chi connectivity index (χ1n) is 2.66. The van der Waals surface area contributed by atoms with Crippen LogP contribution in [0, 0.1) is 0 Å².